The number of likely N-dealkylation sites (N-methyl/N-ethyl adjacent to an activating group) is 2. The minimum Gasteiger partial charge on any atom is -0.389 e. The summed E-state index contributed by atoms with van der Waals surface area (Å²) in [4.78, 5) is 4.37. The molecule has 0 aliphatic rings. The van der Waals surface area contributed by atoms with Crippen LogP contribution in [-0.2, 0) is 0 Å². The monoisotopic (exact) mass is 300 g/mol. The molecule has 0 bridgehead atoms. The first-order valence-corrected chi connectivity index (χ1v) is 6.54. The maximum atomic E-state index is 9.56. The van der Waals surface area contributed by atoms with Crippen LogP contribution in [0, 0.1) is 0 Å². The fraction of sp³-hybridized carbons (Fsp3) is 0.538. The maximum Gasteiger partial charge on any atom is 0.0772 e. The lowest BCUT2D eigenvalue weighted by atomic mass is 10.1. The van der Waals surface area contributed by atoms with Crippen LogP contribution in [0.25, 0.3) is 0 Å². The third-order valence-electron chi connectivity index (χ3n) is 2.76. The highest BCUT2D eigenvalue weighted by Crippen LogP contribution is 2.27. The standard InChI is InChI=1S/C13H21BrN2O/c1-10(17)12-6-5-11(9-13(12)14)16(4)8-7-15(2)3/h5-6,9-10,17H,7-8H2,1-4H3/t10-/m1/s1. The summed E-state index contributed by atoms with van der Waals surface area (Å²) in [5.74, 6) is 0. The van der Waals surface area contributed by atoms with Crippen LogP contribution in [0.3, 0.4) is 0 Å². The quantitative estimate of drug-likeness (QED) is 0.905. The summed E-state index contributed by atoms with van der Waals surface area (Å²) in [6, 6.07) is 6.07. The molecule has 0 aliphatic heterocycles. The summed E-state index contributed by atoms with van der Waals surface area (Å²) in [6.45, 7) is 3.77. The molecule has 0 amide bonds. The normalized spacial score (nSPS) is 12.9. The number of hydrogen-bond donors (Lipinski definition) is 1. The smallest absolute Gasteiger partial charge is 0.0772 e. The Morgan fingerprint density at radius 3 is 2.35 bits per heavy atom. The van der Waals surface area contributed by atoms with Gasteiger partial charge in [-0.3, -0.25) is 0 Å². The van der Waals surface area contributed by atoms with E-state index < -0.39 is 6.10 Å². The number of aliphatic hydroxyl groups is 1. The summed E-state index contributed by atoms with van der Waals surface area (Å²) in [7, 11) is 6.22. The van der Waals surface area contributed by atoms with Crippen molar-refractivity contribution in [2.75, 3.05) is 39.1 Å². The molecule has 1 atom stereocenters. The van der Waals surface area contributed by atoms with E-state index in [2.05, 4.69) is 52.9 Å². The van der Waals surface area contributed by atoms with Gasteiger partial charge in [-0.05, 0) is 38.7 Å². The minimum atomic E-state index is -0.439. The lowest BCUT2D eigenvalue weighted by Crippen LogP contribution is -2.28. The van der Waals surface area contributed by atoms with Crippen LogP contribution in [0.2, 0.25) is 0 Å². The Hall–Kier alpha value is -0.580. The first kappa shape index (κ1) is 14.5. The first-order chi connectivity index (χ1) is 7.91. The zero-order valence-electron chi connectivity index (χ0n) is 10.9. The van der Waals surface area contributed by atoms with E-state index in [-0.39, 0.29) is 0 Å². The molecule has 0 fully saturated rings. The van der Waals surface area contributed by atoms with Crippen LogP contribution in [0.4, 0.5) is 5.69 Å². The molecule has 1 N–H and O–H groups in total. The number of benzene rings is 1. The number of halogens is 1. The van der Waals surface area contributed by atoms with Gasteiger partial charge in [0.25, 0.3) is 0 Å². The van der Waals surface area contributed by atoms with Crippen molar-refractivity contribution in [3.8, 4) is 0 Å². The first-order valence-electron chi connectivity index (χ1n) is 5.75. The van der Waals surface area contributed by atoms with Gasteiger partial charge in [0, 0.05) is 30.3 Å². The molecule has 1 rings (SSSR count). The highest BCUT2D eigenvalue weighted by atomic mass is 79.9. The van der Waals surface area contributed by atoms with Crippen molar-refractivity contribution in [3.63, 3.8) is 0 Å². The molecule has 1 aromatic rings. The fourth-order valence-electron chi connectivity index (χ4n) is 1.57. The van der Waals surface area contributed by atoms with Gasteiger partial charge in [-0.15, -0.1) is 0 Å². The zero-order chi connectivity index (χ0) is 13.0. The second-order valence-corrected chi connectivity index (χ2v) is 5.46. The number of anilines is 1. The number of nitrogens with zero attached hydrogens (tertiary/aromatic N) is 2. The van der Waals surface area contributed by atoms with Gasteiger partial charge in [0.2, 0.25) is 0 Å². The van der Waals surface area contributed by atoms with E-state index in [9.17, 15) is 5.11 Å². The molecule has 0 radical (unpaired) electrons. The van der Waals surface area contributed by atoms with Crippen LogP contribution < -0.4 is 4.90 Å². The van der Waals surface area contributed by atoms with Gasteiger partial charge in [0.15, 0.2) is 0 Å². The molecule has 4 heteroatoms. The molecule has 17 heavy (non-hydrogen) atoms. The Bertz CT molecular complexity index is 366. The largest absolute Gasteiger partial charge is 0.389 e. The average Bonchev–Trinajstić information content (AvgIpc) is 2.25. The molecule has 0 unspecified atom stereocenters. The average molecular weight is 301 g/mol. The fourth-order valence-corrected chi connectivity index (χ4v) is 2.27. The summed E-state index contributed by atoms with van der Waals surface area (Å²) >= 11 is 3.50. The maximum absolute atomic E-state index is 9.56. The van der Waals surface area contributed by atoms with Crippen molar-refractivity contribution in [2.24, 2.45) is 0 Å². The topological polar surface area (TPSA) is 26.7 Å². The van der Waals surface area contributed by atoms with Gasteiger partial charge in [-0.2, -0.15) is 0 Å². The molecule has 0 heterocycles. The van der Waals surface area contributed by atoms with Crippen LogP contribution >= 0.6 is 15.9 Å². The van der Waals surface area contributed by atoms with Crippen LogP contribution in [0.15, 0.2) is 22.7 Å². The van der Waals surface area contributed by atoms with E-state index in [0.717, 1.165) is 28.8 Å². The molecular formula is C13H21BrN2O. The number of rotatable bonds is 5. The zero-order valence-corrected chi connectivity index (χ0v) is 12.5. The van der Waals surface area contributed by atoms with Crippen molar-refractivity contribution < 1.29 is 5.11 Å². The van der Waals surface area contributed by atoms with E-state index in [0.29, 0.717) is 0 Å². The predicted molar refractivity (Wildman–Crippen MR) is 76.6 cm³/mol. The van der Waals surface area contributed by atoms with Gasteiger partial charge in [-0.25, -0.2) is 0 Å². The summed E-state index contributed by atoms with van der Waals surface area (Å²) in [5.41, 5.74) is 2.08. The summed E-state index contributed by atoms with van der Waals surface area (Å²) < 4.78 is 0.960. The third kappa shape index (κ3) is 4.30. The molecule has 3 nitrogen and oxygen atoms in total. The van der Waals surface area contributed by atoms with E-state index in [4.69, 9.17) is 0 Å². The highest BCUT2D eigenvalue weighted by Gasteiger charge is 2.08. The van der Waals surface area contributed by atoms with Crippen molar-refractivity contribution >= 4 is 21.6 Å². The number of aliphatic hydroxyl groups excluding tert-OH is 1. The highest BCUT2D eigenvalue weighted by molar-refractivity contribution is 9.10. The second-order valence-electron chi connectivity index (χ2n) is 4.61. The molecular weight excluding hydrogens is 280 g/mol. The molecule has 96 valence electrons. The van der Waals surface area contributed by atoms with Gasteiger partial charge in [0.05, 0.1) is 6.10 Å². The van der Waals surface area contributed by atoms with Gasteiger partial charge < -0.3 is 14.9 Å². The van der Waals surface area contributed by atoms with Crippen LogP contribution in [0.1, 0.15) is 18.6 Å². The van der Waals surface area contributed by atoms with Crippen molar-refractivity contribution in [2.45, 2.75) is 13.0 Å². The molecule has 0 saturated heterocycles. The van der Waals surface area contributed by atoms with Crippen LogP contribution in [-0.4, -0.2) is 44.2 Å². The van der Waals surface area contributed by atoms with E-state index in [1.165, 1.54) is 0 Å². The van der Waals surface area contributed by atoms with E-state index >= 15 is 0 Å². The Morgan fingerprint density at radius 1 is 1.24 bits per heavy atom. The van der Waals surface area contributed by atoms with E-state index in [1.807, 2.05) is 12.1 Å². The number of hydrogen-bond acceptors (Lipinski definition) is 3. The van der Waals surface area contributed by atoms with Crippen molar-refractivity contribution in [1.82, 2.24) is 4.90 Å². The van der Waals surface area contributed by atoms with Crippen molar-refractivity contribution in [1.29, 1.82) is 0 Å². The van der Waals surface area contributed by atoms with Gasteiger partial charge in [-0.1, -0.05) is 22.0 Å². The summed E-state index contributed by atoms with van der Waals surface area (Å²) in [5, 5.41) is 9.56. The second kappa shape index (κ2) is 6.38. The SMILES string of the molecule is C[C@@H](O)c1ccc(N(C)CCN(C)C)cc1Br. The Balaban J connectivity index is 2.75. The predicted octanol–water partition coefficient (Wildman–Crippen LogP) is 2.50. The van der Waals surface area contributed by atoms with Gasteiger partial charge >= 0.3 is 0 Å². The Labute approximate surface area is 112 Å². The molecule has 0 saturated carbocycles. The Morgan fingerprint density at radius 2 is 1.88 bits per heavy atom. The lowest BCUT2D eigenvalue weighted by Gasteiger charge is -2.22. The molecule has 0 spiro atoms. The van der Waals surface area contributed by atoms with Gasteiger partial charge in [0.1, 0.15) is 0 Å². The molecule has 0 aromatic heterocycles. The molecule has 1 aromatic carbocycles. The van der Waals surface area contributed by atoms with Crippen molar-refractivity contribution in [3.05, 3.63) is 28.2 Å². The van der Waals surface area contributed by atoms with E-state index in [1.54, 1.807) is 6.92 Å². The minimum absolute atomic E-state index is 0.439. The molecule has 0 aliphatic carbocycles. The summed E-state index contributed by atoms with van der Waals surface area (Å²) in [6.07, 6.45) is -0.439. The van der Waals surface area contributed by atoms with Crippen LogP contribution in [0.5, 0.6) is 0 Å². The lowest BCUT2D eigenvalue weighted by molar-refractivity contribution is 0.198. The Kier molecular flexibility index (Phi) is 5.43. The third-order valence-corrected chi connectivity index (χ3v) is 3.44.